The zero-order chi connectivity index (χ0) is 10.9. The highest BCUT2D eigenvalue weighted by molar-refractivity contribution is 5.41. The van der Waals surface area contributed by atoms with Crippen molar-refractivity contribution >= 4 is 0 Å². The van der Waals surface area contributed by atoms with Gasteiger partial charge in [-0.15, -0.1) is 0 Å². The van der Waals surface area contributed by atoms with Crippen LogP contribution in [0.25, 0.3) is 0 Å². The second kappa shape index (κ2) is 3.67. The lowest BCUT2D eigenvalue weighted by Crippen LogP contribution is -2.43. The van der Waals surface area contributed by atoms with Crippen LogP contribution in [0.4, 0.5) is 0 Å². The monoisotopic (exact) mass is 199 g/mol. The molecule has 0 radical (unpaired) electrons. The normalized spacial score (nSPS) is 30.1. The summed E-state index contributed by atoms with van der Waals surface area (Å²) in [5, 5.41) is 0. The molecule has 0 heterocycles. The summed E-state index contributed by atoms with van der Waals surface area (Å²) in [6.07, 6.45) is 6.39. The van der Waals surface area contributed by atoms with Crippen LogP contribution >= 0.6 is 0 Å². The molecule has 0 aliphatic heterocycles. The molecule has 0 bridgehead atoms. The predicted molar refractivity (Wildman–Crippen MR) is 64.7 cm³/mol. The maximum Gasteiger partial charge on any atom is 0.0385 e. The maximum atomic E-state index is 6.27. The summed E-state index contributed by atoms with van der Waals surface area (Å²) in [5.74, 6) is 0. The Balaban J connectivity index is 2.44. The lowest BCUT2D eigenvalue weighted by atomic mass is 9.71. The molecule has 2 atom stereocenters. The summed E-state index contributed by atoms with van der Waals surface area (Å²) in [4.78, 5) is 0. The quantitative estimate of drug-likeness (QED) is 0.739. The van der Waals surface area contributed by atoms with E-state index in [-0.39, 0.29) is 11.5 Å². The highest BCUT2D eigenvalue weighted by Crippen LogP contribution is 2.33. The average molecular weight is 199 g/mol. The van der Waals surface area contributed by atoms with Gasteiger partial charge in [-0.1, -0.05) is 61.1 Å². The van der Waals surface area contributed by atoms with Crippen LogP contribution in [-0.2, 0) is 5.41 Å². The van der Waals surface area contributed by atoms with E-state index in [1.807, 2.05) is 6.07 Å². The standard InChI is InChI=1S/C14H17N/c1-11-7-6-10-14(2,13(11)15)12-8-4-3-5-9-12/h3-10,13H,15H2,1-2H3. The van der Waals surface area contributed by atoms with Gasteiger partial charge in [0.25, 0.3) is 0 Å². The molecular weight excluding hydrogens is 182 g/mol. The van der Waals surface area contributed by atoms with E-state index >= 15 is 0 Å². The molecule has 78 valence electrons. The van der Waals surface area contributed by atoms with Crippen molar-refractivity contribution in [2.75, 3.05) is 0 Å². The Kier molecular flexibility index (Phi) is 2.49. The smallest absolute Gasteiger partial charge is 0.0385 e. The van der Waals surface area contributed by atoms with E-state index < -0.39 is 0 Å². The predicted octanol–water partition coefficient (Wildman–Crippen LogP) is 2.79. The molecule has 0 fully saturated rings. The molecule has 1 aliphatic carbocycles. The number of nitrogens with two attached hydrogens (primary N) is 1. The number of benzene rings is 1. The van der Waals surface area contributed by atoms with Gasteiger partial charge >= 0.3 is 0 Å². The Labute approximate surface area is 91.3 Å². The summed E-state index contributed by atoms with van der Waals surface area (Å²) >= 11 is 0. The summed E-state index contributed by atoms with van der Waals surface area (Å²) < 4.78 is 0. The Morgan fingerprint density at radius 1 is 1.20 bits per heavy atom. The largest absolute Gasteiger partial charge is 0.323 e. The number of hydrogen-bond donors (Lipinski definition) is 1. The Hall–Kier alpha value is -1.34. The van der Waals surface area contributed by atoms with Gasteiger partial charge in [-0.05, 0) is 12.5 Å². The molecule has 15 heavy (non-hydrogen) atoms. The number of rotatable bonds is 1. The highest BCUT2D eigenvalue weighted by Gasteiger charge is 2.33. The molecule has 0 saturated heterocycles. The van der Waals surface area contributed by atoms with E-state index in [2.05, 4.69) is 56.3 Å². The van der Waals surface area contributed by atoms with Crippen molar-refractivity contribution in [2.24, 2.45) is 5.73 Å². The van der Waals surface area contributed by atoms with Crippen LogP contribution in [0.1, 0.15) is 19.4 Å². The van der Waals surface area contributed by atoms with E-state index in [1.165, 1.54) is 11.1 Å². The van der Waals surface area contributed by atoms with Crippen molar-refractivity contribution < 1.29 is 0 Å². The minimum absolute atomic E-state index is 0.0694. The third-order valence-corrected chi connectivity index (χ3v) is 3.33. The summed E-state index contributed by atoms with van der Waals surface area (Å²) in [6, 6.07) is 10.5. The van der Waals surface area contributed by atoms with Gasteiger partial charge in [-0.3, -0.25) is 0 Å². The Morgan fingerprint density at radius 3 is 2.53 bits per heavy atom. The maximum absolute atomic E-state index is 6.27. The summed E-state index contributed by atoms with van der Waals surface area (Å²) in [5.41, 5.74) is 8.72. The second-order valence-corrected chi connectivity index (χ2v) is 4.40. The van der Waals surface area contributed by atoms with Crippen molar-refractivity contribution in [1.29, 1.82) is 0 Å². The van der Waals surface area contributed by atoms with Gasteiger partial charge in [0, 0.05) is 11.5 Å². The first-order valence-electron chi connectivity index (χ1n) is 5.32. The van der Waals surface area contributed by atoms with Crippen LogP contribution in [0.15, 0.2) is 54.1 Å². The van der Waals surface area contributed by atoms with Crippen LogP contribution in [0.2, 0.25) is 0 Å². The summed E-state index contributed by atoms with van der Waals surface area (Å²) in [6.45, 7) is 4.29. The fourth-order valence-corrected chi connectivity index (χ4v) is 2.15. The van der Waals surface area contributed by atoms with Crippen molar-refractivity contribution in [3.8, 4) is 0 Å². The fourth-order valence-electron chi connectivity index (χ4n) is 2.15. The fraction of sp³-hybridized carbons (Fsp3) is 0.286. The molecular formula is C14H17N. The molecule has 0 saturated carbocycles. The summed E-state index contributed by atoms with van der Waals surface area (Å²) in [7, 11) is 0. The Morgan fingerprint density at radius 2 is 1.87 bits per heavy atom. The van der Waals surface area contributed by atoms with Gasteiger partial charge in [-0.25, -0.2) is 0 Å². The van der Waals surface area contributed by atoms with Crippen molar-refractivity contribution in [3.05, 3.63) is 59.7 Å². The zero-order valence-electron chi connectivity index (χ0n) is 9.27. The molecule has 2 rings (SSSR count). The van der Waals surface area contributed by atoms with Crippen molar-refractivity contribution in [3.63, 3.8) is 0 Å². The molecule has 1 aromatic rings. The van der Waals surface area contributed by atoms with Gasteiger partial charge in [0.2, 0.25) is 0 Å². The lowest BCUT2D eigenvalue weighted by molar-refractivity contribution is 0.499. The second-order valence-electron chi connectivity index (χ2n) is 4.40. The SMILES string of the molecule is CC1=CC=CC(C)(c2ccccc2)C1N. The van der Waals surface area contributed by atoms with E-state index in [1.54, 1.807) is 0 Å². The van der Waals surface area contributed by atoms with E-state index in [0.29, 0.717) is 0 Å². The minimum atomic E-state index is -0.0694. The van der Waals surface area contributed by atoms with Gasteiger partial charge in [0.1, 0.15) is 0 Å². The van der Waals surface area contributed by atoms with Gasteiger partial charge in [0.15, 0.2) is 0 Å². The molecule has 2 N–H and O–H groups in total. The lowest BCUT2D eigenvalue weighted by Gasteiger charge is -2.36. The first-order valence-corrected chi connectivity index (χ1v) is 5.32. The zero-order valence-corrected chi connectivity index (χ0v) is 9.27. The molecule has 1 aliphatic rings. The number of hydrogen-bond acceptors (Lipinski definition) is 1. The van der Waals surface area contributed by atoms with Gasteiger partial charge in [0.05, 0.1) is 0 Å². The molecule has 0 aromatic heterocycles. The number of allylic oxidation sites excluding steroid dienone is 2. The third-order valence-electron chi connectivity index (χ3n) is 3.33. The molecule has 2 unspecified atom stereocenters. The van der Waals surface area contributed by atoms with Gasteiger partial charge in [-0.2, -0.15) is 0 Å². The van der Waals surface area contributed by atoms with Crippen molar-refractivity contribution in [1.82, 2.24) is 0 Å². The van der Waals surface area contributed by atoms with E-state index in [4.69, 9.17) is 5.73 Å². The first-order chi connectivity index (χ1) is 7.14. The van der Waals surface area contributed by atoms with Crippen LogP contribution < -0.4 is 5.73 Å². The van der Waals surface area contributed by atoms with E-state index in [0.717, 1.165) is 0 Å². The topological polar surface area (TPSA) is 26.0 Å². The molecule has 0 amide bonds. The molecule has 1 nitrogen and oxygen atoms in total. The van der Waals surface area contributed by atoms with E-state index in [9.17, 15) is 0 Å². The minimum Gasteiger partial charge on any atom is -0.323 e. The van der Waals surface area contributed by atoms with Crippen LogP contribution in [-0.4, -0.2) is 6.04 Å². The molecule has 0 spiro atoms. The third kappa shape index (κ3) is 1.64. The Bertz CT molecular complexity index is 403. The first kappa shape index (κ1) is 10.2. The average Bonchev–Trinajstić information content (AvgIpc) is 2.27. The van der Waals surface area contributed by atoms with Crippen LogP contribution in [0.3, 0.4) is 0 Å². The van der Waals surface area contributed by atoms with Crippen molar-refractivity contribution in [2.45, 2.75) is 25.3 Å². The molecule has 1 heteroatoms. The van der Waals surface area contributed by atoms with Crippen LogP contribution in [0, 0.1) is 0 Å². The van der Waals surface area contributed by atoms with Crippen LogP contribution in [0.5, 0.6) is 0 Å². The highest BCUT2D eigenvalue weighted by atomic mass is 14.7. The molecule has 1 aromatic carbocycles. The van der Waals surface area contributed by atoms with Gasteiger partial charge < -0.3 is 5.73 Å².